The maximum absolute atomic E-state index is 12.0. The van der Waals surface area contributed by atoms with E-state index in [-0.39, 0.29) is 10.8 Å². The van der Waals surface area contributed by atoms with Gasteiger partial charge in [-0.25, -0.2) is 12.7 Å². The summed E-state index contributed by atoms with van der Waals surface area (Å²) in [4.78, 5) is 14.5. The van der Waals surface area contributed by atoms with Gasteiger partial charge >= 0.3 is 0 Å². The molecule has 0 saturated carbocycles. The van der Waals surface area contributed by atoms with E-state index in [2.05, 4.69) is 10.2 Å². The van der Waals surface area contributed by atoms with Crippen molar-refractivity contribution in [2.24, 2.45) is 0 Å². The maximum atomic E-state index is 12.0. The van der Waals surface area contributed by atoms with Gasteiger partial charge in [0.2, 0.25) is 15.9 Å². The number of sulfonamides is 1. The van der Waals surface area contributed by atoms with E-state index < -0.39 is 10.0 Å². The van der Waals surface area contributed by atoms with Crippen molar-refractivity contribution in [3.05, 3.63) is 24.3 Å². The number of hydrogen-bond acceptors (Lipinski definition) is 6. The van der Waals surface area contributed by atoms with Crippen LogP contribution in [0.15, 0.2) is 29.2 Å². The Balaban J connectivity index is 1.73. The highest BCUT2D eigenvalue weighted by molar-refractivity contribution is 7.99. The summed E-state index contributed by atoms with van der Waals surface area (Å²) in [5.41, 5.74) is 0.594. The third kappa shape index (κ3) is 6.27. The van der Waals surface area contributed by atoms with E-state index in [9.17, 15) is 13.2 Å². The molecule has 2 rings (SSSR count). The third-order valence-corrected chi connectivity index (χ3v) is 6.57. The fraction of sp³-hybridized carbons (Fsp3) is 0.562. The predicted octanol–water partition coefficient (Wildman–Crippen LogP) is 0.941. The summed E-state index contributed by atoms with van der Waals surface area (Å²) in [5, 5.41) is 2.79. The van der Waals surface area contributed by atoms with Gasteiger partial charge in [-0.3, -0.25) is 9.69 Å². The van der Waals surface area contributed by atoms with E-state index in [1.54, 1.807) is 23.9 Å². The number of thioether (sulfide) groups is 1. The number of nitrogens with zero attached hydrogens (tertiary/aromatic N) is 2. The zero-order chi connectivity index (χ0) is 18.3. The standard InChI is InChI=1S/C16H25N3O4S2/c1-18(2)25(21,22)15-5-3-14(4-6-15)17-16(20)13-24-12-9-19-7-10-23-11-8-19/h3-6H,7-13H2,1-2H3,(H,17,20). The highest BCUT2D eigenvalue weighted by Gasteiger charge is 2.16. The van der Waals surface area contributed by atoms with Crippen LogP contribution in [0.2, 0.25) is 0 Å². The van der Waals surface area contributed by atoms with Gasteiger partial charge in [-0.15, -0.1) is 0 Å². The molecule has 1 aromatic carbocycles. The van der Waals surface area contributed by atoms with Crippen LogP contribution in [0.4, 0.5) is 5.69 Å². The molecular formula is C16H25N3O4S2. The molecule has 1 fully saturated rings. The summed E-state index contributed by atoms with van der Waals surface area (Å²) in [6.07, 6.45) is 0. The van der Waals surface area contributed by atoms with Gasteiger partial charge < -0.3 is 10.1 Å². The Kier molecular flexibility index (Phi) is 7.70. The van der Waals surface area contributed by atoms with Crippen molar-refractivity contribution in [2.45, 2.75) is 4.90 Å². The molecular weight excluding hydrogens is 362 g/mol. The number of hydrogen-bond donors (Lipinski definition) is 1. The van der Waals surface area contributed by atoms with Gasteiger partial charge in [0.15, 0.2) is 0 Å². The normalized spacial score (nSPS) is 16.1. The van der Waals surface area contributed by atoms with Gasteiger partial charge in [0, 0.05) is 45.2 Å². The second kappa shape index (κ2) is 9.54. The largest absolute Gasteiger partial charge is 0.379 e. The molecule has 1 amide bonds. The summed E-state index contributed by atoms with van der Waals surface area (Å²) >= 11 is 1.59. The van der Waals surface area contributed by atoms with E-state index in [1.807, 2.05) is 0 Å². The fourth-order valence-corrected chi connectivity index (χ4v) is 3.99. The summed E-state index contributed by atoms with van der Waals surface area (Å²) in [6, 6.07) is 6.20. The molecule has 1 N–H and O–H groups in total. The van der Waals surface area contributed by atoms with E-state index in [0.717, 1.165) is 42.9 Å². The van der Waals surface area contributed by atoms with E-state index in [0.29, 0.717) is 11.4 Å². The van der Waals surface area contributed by atoms with Crippen LogP contribution >= 0.6 is 11.8 Å². The molecule has 0 atom stereocenters. The molecule has 0 aromatic heterocycles. The zero-order valence-corrected chi connectivity index (χ0v) is 16.2. The van der Waals surface area contributed by atoms with E-state index in [1.165, 1.54) is 26.2 Å². The van der Waals surface area contributed by atoms with Gasteiger partial charge in [-0.2, -0.15) is 11.8 Å². The number of benzene rings is 1. The molecule has 140 valence electrons. The Labute approximate surface area is 153 Å². The Morgan fingerprint density at radius 2 is 1.88 bits per heavy atom. The second-order valence-electron chi connectivity index (χ2n) is 5.87. The van der Waals surface area contributed by atoms with Crippen LogP contribution in [0.25, 0.3) is 0 Å². The van der Waals surface area contributed by atoms with Gasteiger partial charge in [0.25, 0.3) is 0 Å². The molecule has 25 heavy (non-hydrogen) atoms. The van der Waals surface area contributed by atoms with Crippen LogP contribution in [-0.2, 0) is 19.6 Å². The SMILES string of the molecule is CN(C)S(=O)(=O)c1ccc(NC(=O)CSCCN2CCOCC2)cc1. The second-order valence-corrected chi connectivity index (χ2v) is 9.12. The summed E-state index contributed by atoms with van der Waals surface area (Å²) in [5.74, 6) is 1.19. The first-order valence-electron chi connectivity index (χ1n) is 8.10. The predicted molar refractivity (Wildman–Crippen MR) is 101 cm³/mol. The van der Waals surface area contributed by atoms with Crippen molar-refractivity contribution in [1.82, 2.24) is 9.21 Å². The van der Waals surface area contributed by atoms with Gasteiger partial charge in [-0.05, 0) is 24.3 Å². The van der Waals surface area contributed by atoms with Crippen molar-refractivity contribution in [2.75, 3.05) is 63.8 Å². The Bertz CT molecular complexity index is 656. The van der Waals surface area contributed by atoms with Crippen LogP contribution in [0.5, 0.6) is 0 Å². The Hall–Kier alpha value is -1.13. The van der Waals surface area contributed by atoms with E-state index in [4.69, 9.17) is 4.74 Å². The van der Waals surface area contributed by atoms with E-state index >= 15 is 0 Å². The molecule has 1 saturated heterocycles. The first kappa shape index (κ1) is 20.2. The molecule has 7 nitrogen and oxygen atoms in total. The van der Waals surface area contributed by atoms with Crippen molar-refractivity contribution < 1.29 is 17.9 Å². The summed E-state index contributed by atoms with van der Waals surface area (Å²) in [6.45, 7) is 4.43. The average Bonchev–Trinajstić information content (AvgIpc) is 2.60. The number of carbonyl (C=O) groups is 1. The average molecular weight is 388 g/mol. The smallest absolute Gasteiger partial charge is 0.242 e. The maximum Gasteiger partial charge on any atom is 0.242 e. The number of morpholine rings is 1. The lowest BCUT2D eigenvalue weighted by molar-refractivity contribution is -0.113. The minimum Gasteiger partial charge on any atom is -0.379 e. The first-order chi connectivity index (χ1) is 11.9. The first-order valence-corrected chi connectivity index (χ1v) is 10.7. The minimum absolute atomic E-state index is 0.0878. The molecule has 1 aliphatic heterocycles. The van der Waals surface area contributed by atoms with Gasteiger partial charge in [-0.1, -0.05) is 0 Å². The third-order valence-electron chi connectivity index (χ3n) is 3.81. The molecule has 1 aliphatic rings. The highest BCUT2D eigenvalue weighted by Crippen LogP contribution is 2.17. The topological polar surface area (TPSA) is 79.0 Å². The number of ether oxygens (including phenoxy) is 1. The van der Waals surface area contributed by atoms with Crippen LogP contribution in [0.1, 0.15) is 0 Å². The molecule has 1 aromatic rings. The van der Waals surface area contributed by atoms with Crippen molar-refractivity contribution >= 4 is 33.4 Å². The van der Waals surface area contributed by atoms with Crippen molar-refractivity contribution in [1.29, 1.82) is 0 Å². The van der Waals surface area contributed by atoms with Crippen molar-refractivity contribution in [3.8, 4) is 0 Å². The lowest BCUT2D eigenvalue weighted by Crippen LogP contribution is -2.37. The Morgan fingerprint density at radius 1 is 1.24 bits per heavy atom. The molecule has 0 bridgehead atoms. The van der Waals surface area contributed by atoms with Crippen LogP contribution in [0, 0.1) is 0 Å². The number of nitrogens with one attached hydrogen (secondary N) is 1. The molecule has 0 spiro atoms. The van der Waals surface area contributed by atoms with Crippen LogP contribution in [-0.4, -0.2) is 82.0 Å². The van der Waals surface area contributed by atoms with Crippen LogP contribution < -0.4 is 5.32 Å². The quantitative estimate of drug-likeness (QED) is 0.669. The van der Waals surface area contributed by atoms with Crippen LogP contribution in [0.3, 0.4) is 0 Å². The zero-order valence-electron chi connectivity index (χ0n) is 14.6. The number of carbonyl (C=O) groups excluding carboxylic acids is 1. The Morgan fingerprint density at radius 3 is 2.48 bits per heavy atom. The monoisotopic (exact) mass is 387 g/mol. The highest BCUT2D eigenvalue weighted by atomic mass is 32.2. The fourth-order valence-electron chi connectivity index (χ4n) is 2.30. The molecule has 0 unspecified atom stereocenters. The minimum atomic E-state index is -3.45. The lowest BCUT2D eigenvalue weighted by Gasteiger charge is -2.26. The molecule has 1 heterocycles. The molecule has 0 radical (unpaired) electrons. The van der Waals surface area contributed by atoms with Crippen molar-refractivity contribution in [3.63, 3.8) is 0 Å². The lowest BCUT2D eigenvalue weighted by atomic mass is 10.3. The number of anilines is 1. The molecule has 9 heteroatoms. The molecule has 0 aliphatic carbocycles. The number of amides is 1. The summed E-state index contributed by atoms with van der Waals surface area (Å²) < 4.78 is 30.4. The van der Waals surface area contributed by atoms with Gasteiger partial charge in [0.1, 0.15) is 0 Å². The summed E-state index contributed by atoms with van der Waals surface area (Å²) in [7, 11) is -0.477. The van der Waals surface area contributed by atoms with Gasteiger partial charge in [0.05, 0.1) is 23.9 Å². The number of rotatable bonds is 8.